The van der Waals surface area contributed by atoms with E-state index in [2.05, 4.69) is 84.5 Å². The highest BCUT2D eigenvalue weighted by atomic mass is 79.9. The summed E-state index contributed by atoms with van der Waals surface area (Å²) in [6.45, 7) is 7.36. The molecule has 2 aromatic carbocycles. The van der Waals surface area contributed by atoms with E-state index in [1.165, 1.54) is 26.7 Å². The van der Waals surface area contributed by atoms with Crippen LogP contribution >= 0.6 is 15.9 Å². The van der Waals surface area contributed by atoms with E-state index in [1.807, 2.05) is 0 Å². The normalized spacial score (nSPS) is 12.4. The molecule has 0 saturated heterocycles. The molecule has 0 aliphatic carbocycles. The molecule has 0 spiro atoms. The summed E-state index contributed by atoms with van der Waals surface area (Å²) >= 11 is 3.60. The van der Waals surface area contributed by atoms with Crippen LogP contribution < -0.4 is 5.32 Å². The van der Waals surface area contributed by atoms with Crippen LogP contribution in [0.1, 0.15) is 41.6 Å². The molecule has 0 radical (unpaired) electrons. The summed E-state index contributed by atoms with van der Waals surface area (Å²) in [5, 5.41) is 3.65. The van der Waals surface area contributed by atoms with E-state index < -0.39 is 0 Å². The molecular formula is C18H22BrN. The lowest BCUT2D eigenvalue weighted by Gasteiger charge is -2.18. The number of hydrogen-bond acceptors (Lipinski definition) is 1. The minimum atomic E-state index is 0.413. The molecule has 1 unspecified atom stereocenters. The van der Waals surface area contributed by atoms with Gasteiger partial charge in [-0.25, -0.2) is 0 Å². The van der Waals surface area contributed by atoms with Crippen LogP contribution in [0.3, 0.4) is 0 Å². The highest BCUT2D eigenvalue weighted by Crippen LogP contribution is 2.20. The molecule has 1 N–H and O–H groups in total. The highest BCUT2D eigenvalue weighted by Gasteiger charge is 2.08. The molecule has 106 valence electrons. The van der Waals surface area contributed by atoms with E-state index in [1.54, 1.807) is 0 Å². The maximum absolute atomic E-state index is 3.65. The van der Waals surface area contributed by atoms with E-state index in [-0.39, 0.29) is 0 Å². The fraction of sp³-hybridized carbons (Fsp3) is 0.333. The molecule has 0 heterocycles. The molecule has 1 atom stereocenters. The van der Waals surface area contributed by atoms with Gasteiger partial charge in [-0.05, 0) is 43.0 Å². The molecule has 0 saturated carbocycles. The maximum Gasteiger partial charge on any atom is 0.0320 e. The zero-order valence-electron chi connectivity index (χ0n) is 12.4. The first kappa shape index (κ1) is 15.3. The lowest BCUT2D eigenvalue weighted by atomic mass is 10.0. The van der Waals surface area contributed by atoms with Crippen LogP contribution in [0.15, 0.2) is 46.9 Å². The molecule has 0 aromatic heterocycles. The van der Waals surface area contributed by atoms with E-state index in [9.17, 15) is 0 Å². The first-order chi connectivity index (χ1) is 9.60. The predicted molar refractivity (Wildman–Crippen MR) is 89.9 cm³/mol. The minimum absolute atomic E-state index is 0.413. The molecule has 0 aliphatic rings. The third kappa shape index (κ3) is 3.94. The molecule has 2 aromatic rings. The third-order valence-electron chi connectivity index (χ3n) is 3.68. The molecule has 0 amide bonds. The Morgan fingerprint density at radius 3 is 2.35 bits per heavy atom. The highest BCUT2D eigenvalue weighted by molar-refractivity contribution is 9.10. The van der Waals surface area contributed by atoms with Crippen molar-refractivity contribution < 1.29 is 0 Å². The van der Waals surface area contributed by atoms with Crippen LogP contribution in [0.4, 0.5) is 0 Å². The summed E-state index contributed by atoms with van der Waals surface area (Å²) in [5.74, 6) is 0. The number of rotatable bonds is 5. The van der Waals surface area contributed by atoms with Crippen molar-refractivity contribution in [2.24, 2.45) is 0 Å². The van der Waals surface area contributed by atoms with Crippen molar-refractivity contribution in [2.45, 2.75) is 39.8 Å². The number of nitrogens with one attached hydrogen (secondary N) is 1. The molecule has 0 aliphatic heterocycles. The second-order valence-corrected chi connectivity index (χ2v) is 6.19. The van der Waals surface area contributed by atoms with Gasteiger partial charge < -0.3 is 5.32 Å². The van der Waals surface area contributed by atoms with Gasteiger partial charge in [0.2, 0.25) is 0 Å². The SMILES string of the molecule is CCC(NCc1ccc(C)c(Br)c1)c1ccc(C)cc1. The van der Waals surface area contributed by atoms with Gasteiger partial charge in [-0.15, -0.1) is 0 Å². The summed E-state index contributed by atoms with van der Waals surface area (Å²) in [7, 11) is 0. The second-order valence-electron chi connectivity index (χ2n) is 5.34. The Bertz CT molecular complexity index is 560. The smallest absolute Gasteiger partial charge is 0.0320 e. The number of aryl methyl sites for hydroxylation is 2. The Kier molecular flexibility index (Phi) is 5.38. The number of hydrogen-bond donors (Lipinski definition) is 1. The van der Waals surface area contributed by atoms with Gasteiger partial charge in [-0.2, -0.15) is 0 Å². The van der Waals surface area contributed by atoms with E-state index in [0.717, 1.165) is 13.0 Å². The topological polar surface area (TPSA) is 12.0 Å². The Labute approximate surface area is 130 Å². The fourth-order valence-electron chi connectivity index (χ4n) is 2.28. The van der Waals surface area contributed by atoms with Crippen LogP contribution in [0.2, 0.25) is 0 Å². The summed E-state index contributed by atoms with van der Waals surface area (Å²) in [5.41, 5.74) is 5.27. The summed E-state index contributed by atoms with van der Waals surface area (Å²) in [6.07, 6.45) is 1.09. The Morgan fingerprint density at radius 2 is 1.75 bits per heavy atom. The van der Waals surface area contributed by atoms with Gasteiger partial charge in [-0.1, -0.05) is 64.8 Å². The van der Waals surface area contributed by atoms with Crippen LogP contribution in [0, 0.1) is 13.8 Å². The number of benzene rings is 2. The average molecular weight is 332 g/mol. The quantitative estimate of drug-likeness (QED) is 0.783. The van der Waals surface area contributed by atoms with E-state index >= 15 is 0 Å². The monoisotopic (exact) mass is 331 g/mol. The molecular weight excluding hydrogens is 310 g/mol. The lowest BCUT2D eigenvalue weighted by Crippen LogP contribution is -2.20. The first-order valence-corrected chi connectivity index (χ1v) is 7.94. The summed E-state index contributed by atoms with van der Waals surface area (Å²) in [6, 6.07) is 15.8. The molecule has 1 nitrogen and oxygen atoms in total. The van der Waals surface area contributed by atoms with Crippen molar-refractivity contribution in [1.29, 1.82) is 0 Å². The van der Waals surface area contributed by atoms with Gasteiger partial charge >= 0.3 is 0 Å². The van der Waals surface area contributed by atoms with Crippen molar-refractivity contribution in [2.75, 3.05) is 0 Å². The van der Waals surface area contributed by atoms with Crippen molar-refractivity contribution in [3.63, 3.8) is 0 Å². The van der Waals surface area contributed by atoms with Gasteiger partial charge in [0.05, 0.1) is 0 Å². The van der Waals surface area contributed by atoms with Gasteiger partial charge in [0.25, 0.3) is 0 Å². The van der Waals surface area contributed by atoms with Crippen LogP contribution in [0.5, 0.6) is 0 Å². The van der Waals surface area contributed by atoms with Crippen LogP contribution in [-0.2, 0) is 6.54 Å². The molecule has 20 heavy (non-hydrogen) atoms. The van der Waals surface area contributed by atoms with E-state index in [0.29, 0.717) is 6.04 Å². The second kappa shape index (κ2) is 7.05. The zero-order valence-corrected chi connectivity index (χ0v) is 14.0. The van der Waals surface area contributed by atoms with Crippen molar-refractivity contribution in [1.82, 2.24) is 5.32 Å². The lowest BCUT2D eigenvalue weighted by molar-refractivity contribution is 0.519. The fourth-order valence-corrected chi connectivity index (χ4v) is 2.71. The molecule has 2 rings (SSSR count). The standard InChI is InChI=1S/C18H22BrN/c1-4-18(16-9-5-13(2)6-10-16)20-12-15-8-7-14(3)17(19)11-15/h5-11,18,20H,4,12H2,1-3H3. The molecule has 0 bridgehead atoms. The minimum Gasteiger partial charge on any atom is -0.306 e. The zero-order chi connectivity index (χ0) is 14.5. The van der Waals surface area contributed by atoms with Crippen molar-refractivity contribution >= 4 is 15.9 Å². The maximum atomic E-state index is 3.65. The van der Waals surface area contributed by atoms with Gasteiger partial charge in [0.15, 0.2) is 0 Å². The van der Waals surface area contributed by atoms with Gasteiger partial charge in [0, 0.05) is 17.1 Å². The Hall–Kier alpha value is -1.12. The van der Waals surface area contributed by atoms with Crippen molar-refractivity contribution in [3.8, 4) is 0 Å². The largest absolute Gasteiger partial charge is 0.306 e. The number of halogens is 1. The average Bonchev–Trinajstić information content (AvgIpc) is 2.45. The van der Waals surface area contributed by atoms with Gasteiger partial charge in [0.1, 0.15) is 0 Å². The Morgan fingerprint density at radius 1 is 1.05 bits per heavy atom. The summed E-state index contributed by atoms with van der Waals surface area (Å²) in [4.78, 5) is 0. The Balaban J connectivity index is 2.03. The summed E-state index contributed by atoms with van der Waals surface area (Å²) < 4.78 is 1.18. The predicted octanol–water partition coefficient (Wildman–Crippen LogP) is 5.31. The third-order valence-corrected chi connectivity index (χ3v) is 4.53. The van der Waals surface area contributed by atoms with E-state index in [4.69, 9.17) is 0 Å². The van der Waals surface area contributed by atoms with Gasteiger partial charge in [-0.3, -0.25) is 0 Å². The van der Waals surface area contributed by atoms with Crippen LogP contribution in [0.25, 0.3) is 0 Å². The van der Waals surface area contributed by atoms with Crippen molar-refractivity contribution in [3.05, 3.63) is 69.2 Å². The van der Waals surface area contributed by atoms with Crippen LogP contribution in [-0.4, -0.2) is 0 Å². The first-order valence-electron chi connectivity index (χ1n) is 7.15. The molecule has 2 heteroatoms. The molecule has 0 fully saturated rings.